The second-order valence-corrected chi connectivity index (χ2v) is 9.52. The number of ether oxygens (including phenoxy) is 2. The van der Waals surface area contributed by atoms with Gasteiger partial charge in [-0.25, -0.2) is 17.2 Å². The second-order valence-electron chi connectivity index (χ2n) is 7.69. The molecule has 0 atom stereocenters. The van der Waals surface area contributed by atoms with Gasteiger partial charge in [0, 0.05) is 12.6 Å². The zero-order chi connectivity index (χ0) is 21.9. The molecule has 164 valence electrons. The molecule has 1 fully saturated rings. The fraction of sp³-hybridized carbons (Fsp3) is 0.455. The molecule has 8 heteroatoms. The van der Waals surface area contributed by atoms with Gasteiger partial charge in [0.25, 0.3) is 0 Å². The van der Waals surface area contributed by atoms with Gasteiger partial charge in [0.15, 0.2) is 16.4 Å². The number of sulfonamides is 1. The molecule has 0 aromatic heterocycles. The summed E-state index contributed by atoms with van der Waals surface area (Å²) in [5.74, 6) is -1.15. The maximum atomic E-state index is 14.4. The third-order valence-corrected chi connectivity index (χ3v) is 7.10. The first-order chi connectivity index (χ1) is 14.2. The molecule has 1 saturated carbocycles. The molecule has 30 heavy (non-hydrogen) atoms. The molecule has 0 amide bonds. The molecule has 2 aromatic carbocycles. The van der Waals surface area contributed by atoms with Crippen molar-refractivity contribution in [2.75, 3.05) is 7.11 Å². The molecule has 0 unspecified atom stereocenters. The monoisotopic (exact) mass is 439 g/mol. The predicted molar refractivity (Wildman–Crippen MR) is 110 cm³/mol. The maximum Gasteiger partial charge on any atom is 0.249 e. The number of rotatable bonds is 8. The van der Waals surface area contributed by atoms with Crippen LogP contribution in [0.3, 0.4) is 0 Å². The van der Waals surface area contributed by atoms with Crippen molar-refractivity contribution in [3.63, 3.8) is 0 Å². The van der Waals surface area contributed by atoms with Gasteiger partial charge in [0.1, 0.15) is 11.6 Å². The zero-order valence-corrected chi connectivity index (χ0v) is 18.2. The van der Waals surface area contributed by atoms with Crippen LogP contribution < -0.4 is 9.47 Å². The predicted octanol–water partition coefficient (Wildman–Crippen LogP) is 4.89. The molecule has 3 rings (SSSR count). The van der Waals surface area contributed by atoms with Crippen molar-refractivity contribution >= 4 is 10.0 Å². The van der Waals surface area contributed by atoms with E-state index in [1.165, 1.54) is 11.4 Å². The number of halogens is 2. The van der Waals surface area contributed by atoms with E-state index in [-0.39, 0.29) is 18.7 Å². The highest BCUT2D eigenvalue weighted by molar-refractivity contribution is 7.89. The molecule has 5 nitrogen and oxygen atoms in total. The van der Waals surface area contributed by atoms with E-state index in [1.807, 2.05) is 13.8 Å². The third-order valence-electron chi connectivity index (χ3n) is 5.15. The molecule has 2 aromatic rings. The van der Waals surface area contributed by atoms with Gasteiger partial charge in [0.2, 0.25) is 10.0 Å². The number of benzene rings is 2. The average molecular weight is 440 g/mol. The van der Waals surface area contributed by atoms with Gasteiger partial charge in [-0.3, -0.25) is 0 Å². The highest BCUT2D eigenvalue weighted by Gasteiger charge is 2.37. The molecule has 0 N–H and O–H groups in total. The molecule has 0 radical (unpaired) electrons. The lowest BCUT2D eigenvalue weighted by atomic mass is 10.1. The van der Waals surface area contributed by atoms with Crippen LogP contribution in [0, 0.1) is 11.6 Å². The van der Waals surface area contributed by atoms with Crippen molar-refractivity contribution in [1.82, 2.24) is 4.31 Å². The van der Waals surface area contributed by atoms with Crippen molar-refractivity contribution in [1.29, 1.82) is 0 Å². The van der Waals surface area contributed by atoms with Crippen LogP contribution in [-0.4, -0.2) is 32.0 Å². The van der Waals surface area contributed by atoms with E-state index in [9.17, 15) is 17.2 Å². The first kappa shape index (κ1) is 22.5. The summed E-state index contributed by atoms with van der Waals surface area (Å²) in [6.07, 6.45) is 2.96. The van der Waals surface area contributed by atoms with E-state index < -0.39 is 26.6 Å². The Kier molecular flexibility index (Phi) is 6.98. The van der Waals surface area contributed by atoms with E-state index >= 15 is 0 Å². The molecule has 0 spiro atoms. The minimum absolute atomic E-state index is 0.0147. The fourth-order valence-corrected chi connectivity index (χ4v) is 5.58. The Bertz CT molecular complexity index is 968. The summed E-state index contributed by atoms with van der Waals surface area (Å²) in [6.45, 7) is 3.74. The van der Waals surface area contributed by atoms with E-state index in [0.717, 1.165) is 31.0 Å². The Balaban J connectivity index is 2.02. The highest BCUT2D eigenvalue weighted by atomic mass is 32.2. The molecular weight excluding hydrogens is 412 g/mol. The normalized spacial score (nSPS) is 15.2. The smallest absolute Gasteiger partial charge is 0.249 e. The van der Waals surface area contributed by atoms with Gasteiger partial charge < -0.3 is 9.47 Å². The van der Waals surface area contributed by atoms with Gasteiger partial charge >= 0.3 is 0 Å². The SMILES string of the molecule is COc1ccc(CN(C2CCCC2)S(=O)(=O)c2c(F)cccc2F)cc1OC(C)C. The van der Waals surface area contributed by atoms with E-state index in [0.29, 0.717) is 29.9 Å². The fourth-order valence-electron chi connectivity index (χ4n) is 3.79. The zero-order valence-electron chi connectivity index (χ0n) is 17.4. The number of methoxy groups -OCH3 is 1. The van der Waals surface area contributed by atoms with Crippen molar-refractivity contribution in [2.45, 2.75) is 63.1 Å². The molecule has 0 aliphatic heterocycles. The Hall–Kier alpha value is -2.19. The van der Waals surface area contributed by atoms with Crippen LogP contribution in [0.1, 0.15) is 45.1 Å². The van der Waals surface area contributed by atoms with Gasteiger partial charge in [-0.2, -0.15) is 4.31 Å². The van der Waals surface area contributed by atoms with Crippen LogP contribution in [0.4, 0.5) is 8.78 Å². The molecular formula is C22H27F2NO4S. The Morgan fingerprint density at radius 3 is 2.27 bits per heavy atom. The third kappa shape index (κ3) is 4.75. The average Bonchev–Trinajstić information content (AvgIpc) is 3.19. The lowest BCUT2D eigenvalue weighted by molar-refractivity contribution is 0.229. The van der Waals surface area contributed by atoms with Crippen LogP contribution in [0.5, 0.6) is 11.5 Å². The minimum Gasteiger partial charge on any atom is -0.493 e. The summed E-state index contributed by atoms with van der Waals surface area (Å²) >= 11 is 0. The summed E-state index contributed by atoms with van der Waals surface area (Å²) in [7, 11) is -2.86. The van der Waals surface area contributed by atoms with Gasteiger partial charge in [0.05, 0.1) is 13.2 Å². The summed E-state index contributed by atoms with van der Waals surface area (Å²) in [4.78, 5) is -0.899. The van der Waals surface area contributed by atoms with Crippen molar-refractivity contribution in [3.8, 4) is 11.5 Å². The highest BCUT2D eigenvalue weighted by Crippen LogP contribution is 2.34. The van der Waals surface area contributed by atoms with Crippen molar-refractivity contribution in [2.24, 2.45) is 0 Å². The molecule has 1 aliphatic carbocycles. The molecule has 0 heterocycles. The number of nitrogens with zero attached hydrogens (tertiary/aromatic N) is 1. The second kappa shape index (κ2) is 9.31. The van der Waals surface area contributed by atoms with Crippen LogP contribution >= 0.6 is 0 Å². The van der Waals surface area contributed by atoms with E-state index in [4.69, 9.17) is 9.47 Å². The van der Waals surface area contributed by atoms with Crippen molar-refractivity contribution in [3.05, 3.63) is 53.6 Å². The lowest BCUT2D eigenvalue weighted by Gasteiger charge is -2.29. The van der Waals surface area contributed by atoms with Gasteiger partial charge in [-0.1, -0.05) is 25.0 Å². The van der Waals surface area contributed by atoms with E-state index in [1.54, 1.807) is 18.2 Å². The van der Waals surface area contributed by atoms with E-state index in [2.05, 4.69) is 0 Å². The first-order valence-electron chi connectivity index (χ1n) is 10.0. The van der Waals surface area contributed by atoms with Gasteiger partial charge in [-0.15, -0.1) is 0 Å². The Morgan fingerprint density at radius 1 is 1.07 bits per heavy atom. The minimum atomic E-state index is -4.38. The van der Waals surface area contributed by atoms with Crippen LogP contribution in [-0.2, 0) is 16.6 Å². The molecule has 0 saturated heterocycles. The standard InChI is InChI=1S/C22H27F2NO4S/c1-15(2)29-21-13-16(11-12-20(21)28-3)14-25(17-7-4-5-8-17)30(26,27)22-18(23)9-6-10-19(22)24/h6,9-13,15,17H,4-5,7-8,14H2,1-3H3. The Labute approximate surface area is 176 Å². The number of hydrogen-bond acceptors (Lipinski definition) is 4. The maximum absolute atomic E-state index is 14.4. The number of hydrogen-bond donors (Lipinski definition) is 0. The van der Waals surface area contributed by atoms with Crippen LogP contribution in [0.15, 0.2) is 41.3 Å². The lowest BCUT2D eigenvalue weighted by Crippen LogP contribution is -2.39. The Morgan fingerprint density at radius 2 is 1.70 bits per heavy atom. The van der Waals surface area contributed by atoms with Crippen LogP contribution in [0.2, 0.25) is 0 Å². The summed E-state index contributed by atoms with van der Waals surface area (Å²) < 4.78 is 67.7. The quantitative estimate of drug-likeness (QED) is 0.587. The topological polar surface area (TPSA) is 55.8 Å². The summed E-state index contributed by atoms with van der Waals surface area (Å²) in [6, 6.07) is 7.93. The summed E-state index contributed by atoms with van der Waals surface area (Å²) in [5.41, 5.74) is 0.652. The molecule has 0 bridgehead atoms. The largest absolute Gasteiger partial charge is 0.493 e. The van der Waals surface area contributed by atoms with Crippen molar-refractivity contribution < 1.29 is 26.7 Å². The van der Waals surface area contributed by atoms with Gasteiger partial charge in [-0.05, 0) is 56.5 Å². The van der Waals surface area contributed by atoms with Crippen LogP contribution in [0.25, 0.3) is 0 Å². The molecule has 1 aliphatic rings. The summed E-state index contributed by atoms with van der Waals surface area (Å²) in [5, 5.41) is 0. The first-order valence-corrected chi connectivity index (χ1v) is 11.5.